The standard InChI is InChI=1S/C21H28O2Si/c1-21(2,3)24(5,6)23-20-16-18(14-15-19(20)22-4)13-12-17-10-8-7-9-11-17/h7-16H,1-6H3/b13-12+. The second kappa shape index (κ2) is 7.26. The van der Waals surface area contributed by atoms with Gasteiger partial charge in [0.2, 0.25) is 0 Å². The van der Waals surface area contributed by atoms with Crippen molar-refractivity contribution in [3.63, 3.8) is 0 Å². The fourth-order valence-corrected chi connectivity index (χ4v) is 3.08. The summed E-state index contributed by atoms with van der Waals surface area (Å²) in [6.45, 7) is 11.2. The van der Waals surface area contributed by atoms with Crippen LogP contribution < -0.4 is 9.16 Å². The number of methoxy groups -OCH3 is 1. The minimum Gasteiger partial charge on any atom is -0.541 e. The topological polar surface area (TPSA) is 18.5 Å². The molecular weight excluding hydrogens is 312 g/mol. The van der Waals surface area contributed by atoms with Gasteiger partial charge in [0, 0.05) is 0 Å². The van der Waals surface area contributed by atoms with Gasteiger partial charge in [-0.25, -0.2) is 0 Å². The Hall–Kier alpha value is -2.00. The summed E-state index contributed by atoms with van der Waals surface area (Å²) in [6.07, 6.45) is 4.21. The molecule has 0 bridgehead atoms. The summed E-state index contributed by atoms with van der Waals surface area (Å²) in [5.74, 6) is 1.62. The molecule has 2 rings (SSSR count). The summed E-state index contributed by atoms with van der Waals surface area (Å²) in [7, 11) is -0.219. The zero-order valence-corrected chi connectivity index (χ0v) is 16.6. The average Bonchev–Trinajstić information content (AvgIpc) is 2.52. The van der Waals surface area contributed by atoms with Crippen LogP contribution in [0.1, 0.15) is 31.9 Å². The van der Waals surface area contributed by atoms with E-state index in [4.69, 9.17) is 9.16 Å². The summed E-state index contributed by atoms with van der Waals surface area (Å²) >= 11 is 0. The average molecular weight is 341 g/mol. The van der Waals surface area contributed by atoms with Crippen LogP contribution in [0.15, 0.2) is 48.5 Å². The van der Waals surface area contributed by atoms with Gasteiger partial charge in [-0.05, 0) is 41.4 Å². The fourth-order valence-electron chi connectivity index (χ4n) is 2.06. The van der Waals surface area contributed by atoms with E-state index in [1.165, 1.54) is 5.56 Å². The Bertz CT molecular complexity index is 698. The van der Waals surface area contributed by atoms with Crippen LogP contribution in [0.2, 0.25) is 18.1 Å². The van der Waals surface area contributed by atoms with Crippen LogP contribution in [0, 0.1) is 0 Å². The fraction of sp³-hybridized carbons (Fsp3) is 0.333. The molecule has 0 aliphatic rings. The van der Waals surface area contributed by atoms with Crippen molar-refractivity contribution in [2.24, 2.45) is 0 Å². The zero-order chi connectivity index (χ0) is 17.8. The lowest BCUT2D eigenvalue weighted by atomic mass is 10.1. The van der Waals surface area contributed by atoms with Crippen LogP contribution in [-0.4, -0.2) is 15.4 Å². The van der Waals surface area contributed by atoms with E-state index in [0.29, 0.717) is 0 Å². The quantitative estimate of drug-likeness (QED) is 0.473. The highest BCUT2D eigenvalue weighted by Crippen LogP contribution is 2.40. The van der Waals surface area contributed by atoms with Crippen molar-refractivity contribution in [3.05, 3.63) is 59.7 Å². The van der Waals surface area contributed by atoms with Crippen LogP contribution in [0.4, 0.5) is 0 Å². The van der Waals surface area contributed by atoms with Crippen molar-refractivity contribution in [2.75, 3.05) is 7.11 Å². The van der Waals surface area contributed by atoms with Crippen molar-refractivity contribution in [3.8, 4) is 11.5 Å². The third-order valence-corrected chi connectivity index (χ3v) is 8.97. The van der Waals surface area contributed by atoms with Gasteiger partial charge >= 0.3 is 0 Å². The highest BCUT2D eigenvalue weighted by Gasteiger charge is 2.39. The third-order valence-electron chi connectivity index (χ3n) is 4.63. The van der Waals surface area contributed by atoms with Crippen LogP contribution in [-0.2, 0) is 0 Å². The predicted molar refractivity (Wildman–Crippen MR) is 106 cm³/mol. The molecule has 0 saturated heterocycles. The van der Waals surface area contributed by atoms with Gasteiger partial charge < -0.3 is 9.16 Å². The van der Waals surface area contributed by atoms with Gasteiger partial charge in [-0.1, -0.05) is 69.3 Å². The van der Waals surface area contributed by atoms with Gasteiger partial charge in [-0.2, -0.15) is 0 Å². The van der Waals surface area contributed by atoms with Gasteiger partial charge in [0.1, 0.15) is 5.75 Å². The smallest absolute Gasteiger partial charge is 0.250 e. The van der Waals surface area contributed by atoms with Gasteiger partial charge in [0.25, 0.3) is 8.32 Å². The highest BCUT2D eigenvalue weighted by molar-refractivity contribution is 6.74. The molecule has 2 aromatic carbocycles. The molecule has 0 atom stereocenters. The van der Waals surface area contributed by atoms with Crippen LogP contribution in [0.25, 0.3) is 12.2 Å². The lowest BCUT2D eigenvalue weighted by Crippen LogP contribution is -2.43. The van der Waals surface area contributed by atoms with Crippen molar-refractivity contribution >= 4 is 20.5 Å². The molecule has 0 saturated carbocycles. The molecule has 0 heterocycles. The Morgan fingerprint density at radius 2 is 1.46 bits per heavy atom. The van der Waals surface area contributed by atoms with E-state index in [2.05, 4.69) is 70.3 Å². The van der Waals surface area contributed by atoms with Crippen LogP contribution in [0.5, 0.6) is 11.5 Å². The Balaban J connectivity index is 2.29. The van der Waals surface area contributed by atoms with Gasteiger partial charge in [0.05, 0.1) is 7.11 Å². The molecule has 128 valence electrons. The molecule has 0 fully saturated rings. The van der Waals surface area contributed by atoms with Crippen molar-refractivity contribution in [2.45, 2.75) is 38.9 Å². The highest BCUT2D eigenvalue weighted by atomic mass is 28.4. The maximum atomic E-state index is 6.46. The number of hydrogen-bond donors (Lipinski definition) is 0. The Morgan fingerprint density at radius 3 is 2.04 bits per heavy atom. The Labute approximate surface area is 147 Å². The third kappa shape index (κ3) is 4.51. The number of benzene rings is 2. The van der Waals surface area contributed by atoms with E-state index >= 15 is 0 Å². The van der Waals surface area contributed by atoms with E-state index in [-0.39, 0.29) is 5.04 Å². The Kier molecular flexibility index (Phi) is 5.55. The normalized spacial score (nSPS) is 12.4. The second-order valence-electron chi connectivity index (χ2n) is 7.52. The summed E-state index contributed by atoms with van der Waals surface area (Å²) in [5.41, 5.74) is 2.29. The molecule has 0 radical (unpaired) electrons. The van der Waals surface area contributed by atoms with Gasteiger partial charge in [-0.3, -0.25) is 0 Å². The lowest BCUT2D eigenvalue weighted by molar-refractivity contribution is 0.386. The SMILES string of the molecule is COc1ccc(/C=C/c2ccccc2)cc1O[Si](C)(C)C(C)(C)C. The predicted octanol–water partition coefficient (Wildman–Crippen LogP) is 6.25. The van der Waals surface area contributed by atoms with Crippen molar-refractivity contribution in [1.82, 2.24) is 0 Å². The maximum absolute atomic E-state index is 6.46. The molecule has 0 aliphatic heterocycles. The molecule has 24 heavy (non-hydrogen) atoms. The number of rotatable bonds is 5. The maximum Gasteiger partial charge on any atom is 0.250 e. The van der Waals surface area contributed by atoms with E-state index < -0.39 is 8.32 Å². The summed E-state index contributed by atoms with van der Waals surface area (Å²) < 4.78 is 12.0. The molecule has 3 heteroatoms. The van der Waals surface area contributed by atoms with E-state index in [1.807, 2.05) is 24.3 Å². The molecule has 0 unspecified atom stereocenters. The number of hydrogen-bond acceptors (Lipinski definition) is 2. The van der Waals surface area contributed by atoms with Crippen molar-refractivity contribution in [1.29, 1.82) is 0 Å². The van der Waals surface area contributed by atoms with Crippen LogP contribution in [0.3, 0.4) is 0 Å². The first-order chi connectivity index (χ1) is 11.2. The molecule has 0 N–H and O–H groups in total. The molecule has 2 nitrogen and oxygen atoms in total. The molecule has 0 amide bonds. The second-order valence-corrected chi connectivity index (χ2v) is 12.2. The largest absolute Gasteiger partial charge is 0.541 e. The van der Waals surface area contributed by atoms with E-state index in [0.717, 1.165) is 17.1 Å². The first-order valence-corrected chi connectivity index (χ1v) is 11.2. The molecule has 0 spiro atoms. The van der Waals surface area contributed by atoms with Gasteiger partial charge in [0.15, 0.2) is 5.75 Å². The van der Waals surface area contributed by atoms with E-state index in [9.17, 15) is 0 Å². The van der Waals surface area contributed by atoms with Gasteiger partial charge in [-0.15, -0.1) is 0 Å². The zero-order valence-electron chi connectivity index (χ0n) is 15.6. The minimum absolute atomic E-state index is 0.147. The molecule has 2 aromatic rings. The first-order valence-electron chi connectivity index (χ1n) is 8.33. The molecular formula is C21H28O2Si. The van der Waals surface area contributed by atoms with E-state index in [1.54, 1.807) is 7.11 Å². The van der Waals surface area contributed by atoms with Crippen molar-refractivity contribution < 1.29 is 9.16 Å². The molecule has 0 aromatic heterocycles. The molecule has 0 aliphatic carbocycles. The Morgan fingerprint density at radius 1 is 0.833 bits per heavy atom. The first kappa shape index (κ1) is 18.3. The number of ether oxygens (including phenoxy) is 1. The summed E-state index contributed by atoms with van der Waals surface area (Å²) in [6, 6.07) is 16.4. The summed E-state index contributed by atoms with van der Waals surface area (Å²) in [5, 5.41) is 0.147. The monoisotopic (exact) mass is 340 g/mol. The van der Waals surface area contributed by atoms with Crippen LogP contribution >= 0.6 is 0 Å². The minimum atomic E-state index is -1.91. The lowest BCUT2D eigenvalue weighted by Gasteiger charge is -2.36. The summed E-state index contributed by atoms with van der Waals surface area (Å²) in [4.78, 5) is 0.